The highest BCUT2D eigenvalue weighted by Gasteiger charge is 2.38. The molecule has 0 aromatic rings. The number of methoxy groups -OCH3 is 4. The van der Waals surface area contributed by atoms with Gasteiger partial charge in [0.05, 0.1) is 50.5 Å². The number of ether oxygens (including phenoxy) is 8. The number of Topliss-reactive ketones (excluding diaryl/α,β-unsaturated/α-hetero) is 2. The zero-order valence-electron chi connectivity index (χ0n) is 45.9. The second kappa shape index (κ2) is 54.0. The fourth-order valence-electron chi connectivity index (χ4n) is 5.30. The Labute approximate surface area is 447 Å². The van der Waals surface area contributed by atoms with Crippen molar-refractivity contribution in [1.82, 2.24) is 10.1 Å². The molecular weight excluding hydrogens is 993 g/mol. The van der Waals surface area contributed by atoms with Crippen molar-refractivity contribution in [2.75, 3.05) is 121 Å². The molecule has 442 valence electrons. The minimum atomic E-state index is -1.23. The molecule has 0 aromatic carbocycles. The van der Waals surface area contributed by atoms with Gasteiger partial charge in [-0.1, -0.05) is 55.7 Å². The molecule has 0 saturated carbocycles. The van der Waals surface area contributed by atoms with Gasteiger partial charge in [-0.2, -0.15) is 9.78 Å². The van der Waals surface area contributed by atoms with Crippen LogP contribution < -0.4 is 0 Å². The van der Waals surface area contributed by atoms with E-state index in [4.69, 9.17) is 57.6 Å². The van der Waals surface area contributed by atoms with Gasteiger partial charge in [0.2, 0.25) is 0 Å². The summed E-state index contributed by atoms with van der Waals surface area (Å²) in [6.45, 7) is 26.9. The van der Waals surface area contributed by atoms with Crippen LogP contribution in [0.15, 0.2) is 25.7 Å². The number of rotatable bonds is 36. The molecule has 2 aliphatic heterocycles. The Morgan fingerprint density at radius 3 is 1.24 bits per heavy atom. The molecule has 0 N–H and O–H groups in total. The van der Waals surface area contributed by atoms with Gasteiger partial charge in [0.25, 0.3) is 23.6 Å². The first kappa shape index (κ1) is 81.6. The molecule has 4 amide bonds. The predicted octanol–water partition coefficient (Wildman–Crippen LogP) is 6.32. The van der Waals surface area contributed by atoms with Gasteiger partial charge in [0.1, 0.15) is 44.9 Å². The van der Waals surface area contributed by atoms with E-state index in [1.165, 1.54) is 21.1 Å². The summed E-state index contributed by atoms with van der Waals surface area (Å²) in [5.41, 5.74) is -1.46. The Morgan fingerprint density at radius 2 is 0.893 bits per heavy atom. The van der Waals surface area contributed by atoms with Crippen LogP contribution >= 0.6 is 0 Å². The summed E-state index contributed by atoms with van der Waals surface area (Å²) >= 11 is 0. The zero-order valence-corrected chi connectivity index (χ0v) is 45.9. The third-order valence-electron chi connectivity index (χ3n) is 9.09. The molecule has 2 fully saturated rings. The molecule has 2 heterocycles. The Morgan fingerprint density at radius 1 is 0.533 bits per heavy atom. The summed E-state index contributed by atoms with van der Waals surface area (Å²) in [6, 6.07) is 0. The second-order valence-electron chi connectivity index (χ2n) is 14.9. The molecule has 2 aliphatic rings. The fraction of sp³-hybridized carbons (Fsp3) is 0.765. The normalized spacial score (nSPS) is 14.1. The Bertz CT molecular complexity index is 1490. The van der Waals surface area contributed by atoms with Gasteiger partial charge in [-0.05, 0) is 41.0 Å². The number of imide groups is 2. The first-order valence-corrected chi connectivity index (χ1v) is 24.2. The molecule has 0 radical (unpaired) electrons. The van der Waals surface area contributed by atoms with E-state index in [2.05, 4.69) is 22.6 Å². The van der Waals surface area contributed by atoms with Crippen LogP contribution in [0.1, 0.15) is 122 Å². The lowest BCUT2D eigenvalue weighted by Gasteiger charge is -2.31. The van der Waals surface area contributed by atoms with Crippen LogP contribution in [-0.2, 0) is 105 Å². The van der Waals surface area contributed by atoms with E-state index in [1.807, 2.05) is 55.4 Å². The molecule has 24 nitrogen and oxygen atoms in total. The van der Waals surface area contributed by atoms with Crippen LogP contribution in [0, 0.1) is 16.7 Å². The van der Waals surface area contributed by atoms with Crippen LogP contribution in [0.4, 0.5) is 0 Å². The molecule has 24 heteroatoms. The lowest BCUT2D eigenvalue weighted by atomic mass is 9.92. The Hall–Kier alpha value is -4.76. The Balaban J connectivity index is -0.000000256. The van der Waals surface area contributed by atoms with Gasteiger partial charge < -0.3 is 57.3 Å². The molecule has 2 saturated heterocycles. The van der Waals surface area contributed by atoms with Gasteiger partial charge in [-0.15, -0.1) is 10.1 Å². The van der Waals surface area contributed by atoms with E-state index in [0.717, 1.165) is 25.7 Å². The number of hydroxylamine groups is 4. The largest absolute Gasteiger partial charge is 0.385 e. The second-order valence-corrected chi connectivity index (χ2v) is 14.9. The van der Waals surface area contributed by atoms with E-state index in [-0.39, 0.29) is 125 Å². The van der Waals surface area contributed by atoms with Crippen molar-refractivity contribution < 1.29 is 105 Å². The summed E-state index contributed by atoms with van der Waals surface area (Å²) in [4.78, 5) is 123. The number of carbonyl (C=O) groups is 8. The standard InChI is InChI=1S/C20H31NO10.C19H29NO10.2C3H8O.2C2H6.2CH4/c1-4-27-13-20(12-26-3,15-30-29-5-2)14-28-11-16(22)7-6-8-19(25)31-21-17(23)9-10-18(21)24;1-5-26-11-19(10-25-4,13-29-28-6-2)12-27-9-15(21)14(3)18(24)30-20-16(22)7-8-17(20)23;2*1-3-4-2;2*1-2;;/h5H,2,4,6-15H2,1,3H3;6,14H,2,5,7-13H2,1,3-4H3;2*3H2,1-2H3;2*1-2H3;2*1H4. The molecule has 0 spiro atoms. The number of hydrogen-bond acceptors (Lipinski definition) is 22. The number of ketones is 2. The van der Waals surface area contributed by atoms with Crippen molar-refractivity contribution in [3.8, 4) is 0 Å². The fourth-order valence-corrected chi connectivity index (χ4v) is 5.30. The topological polar surface area (TPSA) is 272 Å². The molecule has 2 rings (SSSR count). The summed E-state index contributed by atoms with van der Waals surface area (Å²) in [5.74, 6) is -6.10. The number of amides is 4. The average molecular weight is 1090 g/mol. The lowest BCUT2D eigenvalue weighted by Crippen LogP contribution is -2.42. The highest BCUT2D eigenvalue weighted by atomic mass is 17.2. The molecule has 0 bridgehead atoms. The predicted molar refractivity (Wildman–Crippen MR) is 276 cm³/mol. The number of carbonyl (C=O) groups excluding carboxylic acids is 8. The van der Waals surface area contributed by atoms with Crippen LogP contribution in [0.25, 0.3) is 0 Å². The third-order valence-corrected chi connectivity index (χ3v) is 9.09. The minimum absolute atomic E-state index is 0. The molecule has 0 aliphatic carbocycles. The van der Waals surface area contributed by atoms with Crippen molar-refractivity contribution in [2.45, 2.75) is 122 Å². The average Bonchev–Trinajstić information content (AvgIpc) is 3.89. The molecule has 75 heavy (non-hydrogen) atoms. The first-order chi connectivity index (χ1) is 35.0. The van der Waals surface area contributed by atoms with Crippen LogP contribution in [0.2, 0.25) is 0 Å². The number of nitrogens with zero attached hydrogens (tertiary/aromatic N) is 2. The van der Waals surface area contributed by atoms with E-state index in [9.17, 15) is 38.4 Å². The maximum absolute atomic E-state index is 12.3. The molecule has 3 unspecified atom stereocenters. The van der Waals surface area contributed by atoms with Gasteiger partial charge >= 0.3 is 11.9 Å². The summed E-state index contributed by atoms with van der Waals surface area (Å²) < 4.78 is 41.6. The minimum Gasteiger partial charge on any atom is -0.385 e. The van der Waals surface area contributed by atoms with Crippen molar-refractivity contribution in [3.63, 3.8) is 0 Å². The molecule has 0 aromatic heterocycles. The van der Waals surface area contributed by atoms with Crippen molar-refractivity contribution in [2.24, 2.45) is 16.7 Å². The smallest absolute Gasteiger partial charge is 0.343 e. The van der Waals surface area contributed by atoms with Crippen LogP contribution in [0.3, 0.4) is 0 Å². The van der Waals surface area contributed by atoms with Gasteiger partial charge in [-0.3, -0.25) is 28.8 Å². The third kappa shape index (κ3) is 39.3. The summed E-state index contributed by atoms with van der Waals surface area (Å²) in [7, 11) is 6.39. The first-order valence-electron chi connectivity index (χ1n) is 24.2. The highest BCUT2D eigenvalue weighted by Crippen LogP contribution is 2.23. The van der Waals surface area contributed by atoms with E-state index in [1.54, 1.807) is 14.2 Å². The highest BCUT2D eigenvalue weighted by molar-refractivity contribution is 6.04. The van der Waals surface area contributed by atoms with Gasteiger partial charge in [0, 0.05) is 93.4 Å². The maximum atomic E-state index is 12.3. The SMILES string of the molecule is C.C.C=COOCC(COC)(COCC)COCC(=O)C(C)C(=O)ON1C(=O)CCC1=O.C=COOCC(COC)(COCC)COCC(=O)CCCC(=O)ON1C(=O)CCC1=O.CC.CC.CCOC.CCOC. The van der Waals surface area contributed by atoms with Crippen molar-refractivity contribution in [3.05, 3.63) is 25.7 Å². The van der Waals surface area contributed by atoms with Gasteiger partial charge in [0.15, 0.2) is 11.6 Å². The molecular formula is C51H96N2O22. The van der Waals surface area contributed by atoms with Crippen LogP contribution in [-0.4, -0.2) is 178 Å². The van der Waals surface area contributed by atoms with E-state index < -0.39 is 64.7 Å². The Kier molecular flexibility index (Phi) is 58.8. The lowest BCUT2D eigenvalue weighted by molar-refractivity contribution is -0.279. The van der Waals surface area contributed by atoms with E-state index >= 15 is 0 Å². The number of hydrogen-bond donors (Lipinski definition) is 0. The maximum Gasteiger partial charge on any atom is 0.343 e. The summed E-state index contributed by atoms with van der Waals surface area (Å²) in [5, 5.41) is 0.884. The van der Waals surface area contributed by atoms with Gasteiger partial charge in [-0.25, -0.2) is 9.59 Å². The van der Waals surface area contributed by atoms with Crippen molar-refractivity contribution in [1.29, 1.82) is 0 Å². The van der Waals surface area contributed by atoms with E-state index in [0.29, 0.717) is 23.3 Å². The van der Waals surface area contributed by atoms with Crippen LogP contribution in [0.5, 0.6) is 0 Å². The summed E-state index contributed by atoms with van der Waals surface area (Å²) in [6.07, 6.45) is 2.43. The monoisotopic (exact) mass is 1090 g/mol. The molecule has 3 atom stereocenters. The zero-order chi connectivity index (χ0) is 56.5. The quantitative estimate of drug-likeness (QED) is 0.0166. The van der Waals surface area contributed by atoms with Crippen molar-refractivity contribution >= 4 is 47.1 Å².